The molecule has 0 fully saturated rings. The van der Waals surface area contributed by atoms with Crippen molar-refractivity contribution in [1.29, 1.82) is 0 Å². The molecule has 0 aliphatic carbocycles. The first-order chi connectivity index (χ1) is 7.16. The topological polar surface area (TPSA) is 60.2 Å². The predicted octanol–water partition coefficient (Wildman–Crippen LogP) is 2.35. The van der Waals surface area contributed by atoms with Gasteiger partial charge in [-0.3, -0.25) is 10.1 Å². The van der Waals surface area contributed by atoms with Crippen LogP contribution in [0.2, 0.25) is 0 Å². The minimum absolute atomic E-state index is 0.500. The van der Waals surface area contributed by atoms with E-state index in [0.29, 0.717) is 6.42 Å². The zero-order valence-electron chi connectivity index (χ0n) is 9.34. The summed E-state index contributed by atoms with van der Waals surface area (Å²) >= 11 is 0. The number of nitro groups is 1. The summed E-state index contributed by atoms with van der Waals surface area (Å²) in [7, 11) is 0.889. The van der Waals surface area contributed by atoms with Gasteiger partial charge in [-0.1, -0.05) is 44.2 Å². The lowest BCUT2D eigenvalue weighted by Crippen LogP contribution is -1.82. The van der Waals surface area contributed by atoms with Gasteiger partial charge in [0.05, 0.1) is 0 Å². The van der Waals surface area contributed by atoms with Crippen LogP contribution in [0.25, 0.3) is 0 Å². The molecule has 0 N–H and O–H groups in total. The molecule has 1 rings (SSSR count). The maximum absolute atomic E-state index is 9.97. The van der Waals surface area contributed by atoms with Crippen molar-refractivity contribution in [1.82, 2.24) is 0 Å². The molecule has 4 heteroatoms. The van der Waals surface area contributed by atoms with Gasteiger partial charge in [-0.05, 0) is 5.56 Å². The van der Waals surface area contributed by atoms with Crippen LogP contribution in [0.15, 0.2) is 30.3 Å². The van der Waals surface area contributed by atoms with E-state index < -0.39 is 4.92 Å². The van der Waals surface area contributed by atoms with E-state index in [2.05, 4.69) is 0 Å². The van der Waals surface area contributed by atoms with Crippen molar-refractivity contribution < 1.29 is 9.72 Å². The number of carbonyl (C=O) groups excluding carboxylic acids is 1. The van der Waals surface area contributed by atoms with Gasteiger partial charge in [-0.2, -0.15) is 0 Å². The first-order valence-corrected chi connectivity index (χ1v) is 4.72. The maximum Gasteiger partial charge on any atom is 0.194 e. The second-order valence-corrected chi connectivity index (χ2v) is 2.30. The van der Waals surface area contributed by atoms with Crippen molar-refractivity contribution in [3.63, 3.8) is 0 Å². The molecule has 15 heavy (non-hydrogen) atoms. The van der Waals surface area contributed by atoms with Crippen molar-refractivity contribution in [3.05, 3.63) is 46.0 Å². The molecule has 0 bridgehead atoms. The van der Waals surface area contributed by atoms with Gasteiger partial charge in [0, 0.05) is 11.3 Å². The summed E-state index contributed by atoms with van der Waals surface area (Å²) in [5, 5.41) is 8.81. The van der Waals surface area contributed by atoms with Crippen molar-refractivity contribution >= 4 is 6.29 Å². The number of rotatable bonds is 2. The van der Waals surface area contributed by atoms with E-state index in [1.54, 1.807) is 0 Å². The summed E-state index contributed by atoms with van der Waals surface area (Å²) in [6.45, 7) is 4.00. The molecule has 0 aliphatic heterocycles. The highest BCUT2D eigenvalue weighted by Gasteiger charge is 1.84. The zero-order valence-corrected chi connectivity index (χ0v) is 9.34. The lowest BCUT2D eigenvalue weighted by molar-refractivity contribution is -0.445. The van der Waals surface area contributed by atoms with Crippen molar-refractivity contribution in [2.24, 2.45) is 0 Å². The van der Waals surface area contributed by atoms with Gasteiger partial charge in [0.15, 0.2) is 7.05 Å². The van der Waals surface area contributed by atoms with E-state index in [4.69, 9.17) is 10.1 Å². The number of nitrogens with zero attached hydrogens (tertiary/aromatic N) is 1. The van der Waals surface area contributed by atoms with Crippen LogP contribution in [-0.2, 0) is 11.2 Å². The molecule has 0 aromatic heterocycles. The fraction of sp³-hybridized carbons (Fsp3) is 0.364. The van der Waals surface area contributed by atoms with Gasteiger partial charge in [0.2, 0.25) is 0 Å². The van der Waals surface area contributed by atoms with Gasteiger partial charge in [-0.15, -0.1) is 0 Å². The molecule has 0 aliphatic rings. The van der Waals surface area contributed by atoms with Crippen LogP contribution in [0.1, 0.15) is 19.4 Å². The fourth-order valence-corrected chi connectivity index (χ4v) is 0.710. The first-order valence-electron chi connectivity index (χ1n) is 4.72. The van der Waals surface area contributed by atoms with E-state index >= 15 is 0 Å². The smallest absolute Gasteiger partial charge is 0.194 e. The average molecular weight is 211 g/mol. The molecule has 0 atom stereocenters. The lowest BCUT2D eigenvalue weighted by Gasteiger charge is -1.89. The normalized spacial score (nSPS) is 7.40. The van der Waals surface area contributed by atoms with Crippen LogP contribution in [0, 0.1) is 10.1 Å². The number of hydrogen-bond donors (Lipinski definition) is 0. The minimum atomic E-state index is -0.500. The van der Waals surface area contributed by atoms with Gasteiger partial charge in [0.25, 0.3) is 0 Å². The lowest BCUT2D eigenvalue weighted by atomic mass is 10.2. The summed E-state index contributed by atoms with van der Waals surface area (Å²) < 4.78 is 0. The molecule has 84 valence electrons. The molecule has 1 aromatic carbocycles. The summed E-state index contributed by atoms with van der Waals surface area (Å²) in [6, 6.07) is 9.68. The van der Waals surface area contributed by atoms with E-state index in [-0.39, 0.29) is 0 Å². The molecular formula is C11H17NO3. The second kappa shape index (κ2) is 12.3. The molecular weight excluding hydrogens is 194 g/mol. The Balaban J connectivity index is 0. The van der Waals surface area contributed by atoms with Crippen LogP contribution in [0.4, 0.5) is 0 Å². The Morgan fingerprint density at radius 3 is 2.00 bits per heavy atom. The van der Waals surface area contributed by atoms with Gasteiger partial charge >= 0.3 is 0 Å². The van der Waals surface area contributed by atoms with Crippen molar-refractivity contribution in [3.8, 4) is 0 Å². The van der Waals surface area contributed by atoms with Gasteiger partial charge < -0.3 is 4.79 Å². The Kier molecular flexibility index (Phi) is 12.9. The minimum Gasteiger partial charge on any atom is -0.303 e. The quantitative estimate of drug-likeness (QED) is 0.428. The maximum atomic E-state index is 9.97. The van der Waals surface area contributed by atoms with Crippen molar-refractivity contribution in [2.45, 2.75) is 20.3 Å². The van der Waals surface area contributed by atoms with Gasteiger partial charge in [-0.25, -0.2) is 0 Å². The van der Waals surface area contributed by atoms with E-state index in [9.17, 15) is 4.79 Å². The summed E-state index contributed by atoms with van der Waals surface area (Å²) in [5.74, 6) is 0. The average Bonchev–Trinajstić information content (AvgIpc) is 2.22. The van der Waals surface area contributed by atoms with Crippen LogP contribution < -0.4 is 0 Å². The molecule has 0 radical (unpaired) electrons. The van der Waals surface area contributed by atoms with Crippen LogP contribution in [0.5, 0.6) is 0 Å². The molecule has 0 spiro atoms. The molecule has 0 saturated carbocycles. The summed E-state index contributed by atoms with van der Waals surface area (Å²) in [5.41, 5.74) is 1.08. The number of aldehydes is 1. The predicted molar refractivity (Wildman–Crippen MR) is 60.5 cm³/mol. The zero-order chi connectivity index (χ0) is 12.1. The summed E-state index contributed by atoms with van der Waals surface area (Å²) in [6.07, 6.45) is 1.44. The fourth-order valence-electron chi connectivity index (χ4n) is 0.710. The molecule has 0 amide bonds. The van der Waals surface area contributed by atoms with E-state index in [1.807, 2.05) is 44.2 Å². The highest BCUT2D eigenvalue weighted by atomic mass is 16.6. The second-order valence-electron chi connectivity index (χ2n) is 2.30. The van der Waals surface area contributed by atoms with Crippen molar-refractivity contribution in [2.75, 3.05) is 7.05 Å². The Hall–Kier alpha value is -1.71. The standard InChI is InChI=1S/C8H8O.C2H6.CH3NO2/c9-7-6-8-4-2-1-3-5-8;1-2;1-2(3)4/h1-5,7H,6H2;1-2H3;1H3. The number of carbonyl (C=O) groups is 1. The molecule has 1 aromatic rings. The van der Waals surface area contributed by atoms with Crippen LogP contribution >= 0.6 is 0 Å². The van der Waals surface area contributed by atoms with Gasteiger partial charge in [0.1, 0.15) is 6.29 Å². The number of benzene rings is 1. The molecule has 0 unspecified atom stereocenters. The SMILES string of the molecule is CC.C[N+](=O)[O-].O=CCc1ccccc1. The Labute approximate surface area is 90.1 Å². The van der Waals surface area contributed by atoms with E-state index in [0.717, 1.165) is 18.9 Å². The Bertz CT molecular complexity index is 256. The monoisotopic (exact) mass is 211 g/mol. The molecule has 0 heterocycles. The molecule has 4 nitrogen and oxygen atoms in total. The highest BCUT2D eigenvalue weighted by Crippen LogP contribution is 1.96. The third-order valence-corrected chi connectivity index (χ3v) is 1.16. The third-order valence-electron chi connectivity index (χ3n) is 1.16. The summed E-state index contributed by atoms with van der Waals surface area (Å²) in [4.78, 5) is 18.3. The van der Waals surface area contributed by atoms with Crippen LogP contribution in [0.3, 0.4) is 0 Å². The highest BCUT2D eigenvalue weighted by molar-refractivity contribution is 5.54. The van der Waals surface area contributed by atoms with Crippen LogP contribution in [-0.4, -0.2) is 18.3 Å². The number of hydrogen-bond acceptors (Lipinski definition) is 3. The third kappa shape index (κ3) is 15.1. The molecule has 0 saturated heterocycles. The Morgan fingerprint density at radius 2 is 1.67 bits per heavy atom. The first kappa shape index (κ1) is 15.7. The largest absolute Gasteiger partial charge is 0.303 e. The van der Waals surface area contributed by atoms with E-state index in [1.165, 1.54) is 0 Å². The Morgan fingerprint density at radius 1 is 1.27 bits per heavy atom.